The van der Waals surface area contributed by atoms with E-state index in [1.807, 2.05) is 24.3 Å². The molecule has 3 rings (SSSR count). The van der Waals surface area contributed by atoms with Gasteiger partial charge in [0.1, 0.15) is 5.15 Å². The molecule has 0 fully saturated rings. The maximum absolute atomic E-state index is 6.03. The zero-order valence-corrected chi connectivity index (χ0v) is 12.3. The predicted octanol–water partition coefficient (Wildman–Crippen LogP) is 4.31. The van der Waals surface area contributed by atoms with Gasteiger partial charge in [0.15, 0.2) is 0 Å². The van der Waals surface area contributed by atoms with Crippen molar-refractivity contribution in [2.24, 2.45) is 10.9 Å². The lowest BCUT2D eigenvalue weighted by atomic mass is 9.86. The minimum atomic E-state index is 0.547. The Labute approximate surface area is 124 Å². The molecule has 1 aliphatic rings. The van der Waals surface area contributed by atoms with Gasteiger partial charge in [-0.3, -0.25) is 4.99 Å². The van der Waals surface area contributed by atoms with Crippen LogP contribution in [-0.2, 0) is 13.0 Å². The van der Waals surface area contributed by atoms with Crippen molar-refractivity contribution in [3.8, 4) is 0 Å². The molecule has 1 aromatic heterocycles. The minimum absolute atomic E-state index is 0.547. The number of rotatable bonds is 2. The summed E-state index contributed by atoms with van der Waals surface area (Å²) in [4.78, 5) is 9.26. The molecule has 1 atom stereocenters. The van der Waals surface area contributed by atoms with Crippen LogP contribution >= 0.6 is 11.6 Å². The lowest BCUT2D eigenvalue weighted by Crippen LogP contribution is -2.20. The van der Waals surface area contributed by atoms with E-state index >= 15 is 0 Å². The third-order valence-corrected chi connectivity index (χ3v) is 3.83. The van der Waals surface area contributed by atoms with Gasteiger partial charge in [0.05, 0.1) is 18.0 Å². The normalized spacial score (nSPS) is 19.9. The molecule has 2 aromatic rings. The molecule has 0 saturated heterocycles. The number of benzene rings is 1. The topological polar surface area (TPSA) is 25.2 Å². The van der Waals surface area contributed by atoms with E-state index in [1.165, 1.54) is 11.1 Å². The highest BCUT2D eigenvalue weighted by molar-refractivity contribution is 6.29. The van der Waals surface area contributed by atoms with E-state index in [9.17, 15) is 0 Å². The molecule has 0 spiro atoms. The summed E-state index contributed by atoms with van der Waals surface area (Å²) in [7, 11) is 0. The molecule has 20 heavy (non-hydrogen) atoms. The molecule has 0 bridgehead atoms. The van der Waals surface area contributed by atoms with E-state index in [1.54, 1.807) is 0 Å². The van der Waals surface area contributed by atoms with Crippen molar-refractivity contribution < 1.29 is 0 Å². The van der Waals surface area contributed by atoms with Crippen molar-refractivity contribution in [1.82, 2.24) is 4.98 Å². The number of hydrogen-bond acceptors (Lipinski definition) is 2. The lowest BCUT2D eigenvalue weighted by Gasteiger charge is -2.22. The molecule has 0 amide bonds. The zero-order valence-electron chi connectivity index (χ0n) is 11.5. The second-order valence-corrected chi connectivity index (χ2v) is 5.79. The minimum Gasteiger partial charge on any atom is -0.283 e. The van der Waals surface area contributed by atoms with Crippen LogP contribution < -0.4 is 0 Å². The van der Waals surface area contributed by atoms with Crippen molar-refractivity contribution in [2.75, 3.05) is 0 Å². The van der Waals surface area contributed by atoms with Gasteiger partial charge in [-0.1, -0.05) is 54.9 Å². The highest BCUT2D eigenvalue weighted by Crippen LogP contribution is 2.26. The van der Waals surface area contributed by atoms with E-state index in [2.05, 4.69) is 30.1 Å². The Morgan fingerprint density at radius 1 is 1.15 bits per heavy atom. The van der Waals surface area contributed by atoms with Crippen LogP contribution in [0.4, 0.5) is 0 Å². The zero-order chi connectivity index (χ0) is 13.9. The van der Waals surface area contributed by atoms with Gasteiger partial charge in [0.2, 0.25) is 0 Å². The number of nitrogens with zero attached hydrogens (tertiary/aromatic N) is 2. The molecule has 0 aliphatic heterocycles. The molecular weight excluding hydrogens is 268 g/mol. The highest BCUT2D eigenvalue weighted by Gasteiger charge is 2.22. The maximum atomic E-state index is 6.03. The smallest absolute Gasteiger partial charge is 0.129 e. The van der Waals surface area contributed by atoms with E-state index in [-0.39, 0.29) is 0 Å². The van der Waals surface area contributed by atoms with E-state index in [4.69, 9.17) is 16.6 Å². The summed E-state index contributed by atoms with van der Waals surface area (Å²) in [5, 5.41) is 0.547. The number of aliphatic imine (C=N–C) groups is 1. The summed E-state index contributed by atoms with van der Waals surface area (Å²) in [5.41, 5.74) is 4.57. The van der Waals surface area contributed by atoms with Gasteiger partial charge in [-0.05, 0) is 36.0 Å². The molecule has 1 aromatic carbocycles. The van der Waals surface area contributed by atoms with Gasteiger partial charge < -0.3 is 0 Å². The molecule has 1 aliphatic carbocycles. The first kappa shape index (κ1) is 13.3. The Morgan fingerprint density at radius 2 is 1.95 bits per heavy atom. The van der Waals surface area contributed by atoms with Crippen molar-refractivity contribution >= 4 is 17.3 Å². The average molecular weight is 285 g/mol. The van der Waals surface area contributed by atoms with Crippen LogP contribution in [0.25, 0.3) is 0 Å². The number of pyridine rings is 1. The molecule has 2 nitrogen and oxygen atoms in total. The van der Waals surface area contributed by atoms with Crippen LogP contribution in [-0.4, -0.2) is 10.7 Å². The van der Waals surface area contributed by atoms with Crippen molar-refractivity contribution in [3.05, 3.63) is 64.4 Å². The summed E-state index contributed by atoms with van der Waals surface area (Å²) in [6.07, 6.45) is 2.04. The van der Waals surface area contributed by atoms with Crippen molar-refractivity contribution in [2.45, 2.75) is 26.3 Å². The summed E-state index contributed by atoms with van der Waals surface area (Å²) in [5.74, 6) is 0.611. The fraction of sp³-hybridized carbons (Fsp3) is 0.294. The second kappa shape index (κ2) is 5.76. The van der Waals surface area contributed by atoms with E-state index in [0.29, 0.717) is 17.6 Å². The van der Waals surface area contributed by atoms with Crippen LogP contribution in [0, 0.1) is 5.92 Å². The van der Waals surface area contributed by atoms with Crippen LogP contribution in [0.2, 0.25) is 5.15 Å². The first-order valence-electron chi connectivity index (χ1n) is 6.95. The Kier molecular flexibility index (Phi) is 3.83. The predicted molar refractivity (Wildman–Crippen MR) is 83.4 cm³/mol. The summed E-state index contributed by atoms with van der Waals surface area (Å²) in [6, 6.07) is 14.3. The van der Waals surface area contributed by atoms with Gasteiger partial charge in [0.25, 0.3) is 0 Å². The number of aromatic nitrogens is 1. The third-order valence-electron chi connectivity index (χ3n) is 3.62. The van der Waals surface area contributed by atoms with Crippen LogP contribution in [0.3, 0.4) is 0 Å². The molecule has 1 unspecified atom stereocenters. The van der Waals surface area contributed by atoms with E-state index < -0.39 is 0 Å². The van der Waals surface area contributed by atoms with Crippen LogP contribution in [0.1, 0.15) is 30.2 Å². The van der Waals surface area contributed by atoms with Crippen LogP contribution in [0.15, 0.2) is 47.5 Å². The van der Waals surface area contributed by atoms with Gasteiger partial charge in [-0.2, -0.15) is 0 Å². The quantitative estimate of drug-likeness (QED) is 0.755. The van der Waals surface area contributed by atoms with Crippen LogP contribution in [0.5, 0.6) is 0 Å². The fourth-order valence-electron chi connectivity index (χ4n) is 2.66. The van der Waals surface area contributed by atoms with Crippen molar-refractivity contribution in [1.29, 1.82) is 0 Å². The second-order valence-electron chi connectivity index (χ2n) is 5.40. The summed E-state index contributed by atoms with van der Waals surface area (Å²) >= 11 is 6.03. The Morgan fingerprint density at radius 3 is 2.75 bits per heavy atom. The average Bonchev–Trinajstić information content (AvgIpc) is 2.46. The molecule has 0 N–H and O–H groups in total. The number of hydrogen-bond donors (Lipinski definition) is 0. The molecular formula is C17H17ClN2. The Hall–Kier alpha value is -1.67. The summed E-state index contributed by atoms with van der Waals surface area (Å²) in [6.45, 7) is 2.96. The molecule has 1 heterocycles. The van der Waals surface area contributed by atoms with E-state index in [0.717, 1.165) is 24.2 Å². The monoisotopic (exact) mass is 284 g/mol. The summed E-state index contributed by atoms with van der Waals surface area (Å²) < 4.78 is 0. The molecule has 102 valence electrons. The SMILES string of the molecule is CC1CC(=NCc2ccccc2)c2nc(Cl)ccc2C1. The standard InChI is InChI=1S/C17H17ClN2/c1-12-9-14-7-8-16(18)20-17(14)15(10-12)19-11-13-5-3-2-4-6-13/h2-8,12H,9-11H2,1H3. The van der Waals surface area contributed by atoms with Gasteiger partial charge in [-0.25, -0.2) is 4.98 Å². The largest absolute Gasteiger partial charge is 0.283 e. The molecule has 0 radical (unpaired) electrons. The highest BCUT2D eigenvalue weighted by atomic mass is 35.5. The first-order valence-corrected chi connectivity index (χ1v) is 7.33. The molecule has 3 heteroatoms. The van der Waals surface area contributed by atoms with Gasteiger partial charge >= 0.3 is 0 Å². The van der Waals surface area contributed by atoms with Gasteiger partial charge in [0, 0.05) is 0 Å². The third kappa shape index (κ3) is 2.91. The lowest BCUT2D eigenvalue weighted by molar-refractivity contribution is 0.587. The Balaban J connectivity index is 1.92. The number of fused-ring (bicyclic) bond motifs is 1. The molecule has 0 saturated carbocycles. The first-order chi connectivity index (χ1) is 9.72. The van der Waals surface area contributed by atoms with Gasteiger partial charge in [-0.15, -0.1) is 0 Å². The van der Waals surface area contributed by atoms with Crippen molar-refractivity contribution in [3.63, 3.8) is 0 Å². The fourth-order valence-corrected chi connectivity index (χ4v) is 2.81. The maximum Gasteiger partial charge on any atom is 0.129 e. The Bertz CT molecular complexity index is 635. The number of halogens is 1.